The number of amides is 1. The van der Waals surface area contributed by atoms with Crippen LogP contribution in [-0.4, -0.2) is 23.7 Å². The fraction of sp³-hybridized carbons (Fsp3) is 0.364. The molecule has 0 aliphatic heterocycles. The van der Waals surface area contributed by atoms with Crippen LogP contribution in [0.3, 0.4) is 0 Å². The van der Waals surface area contributed by atoms with Crippen molar-refractivity contribution in [1.29, 1.82) is 0 Å². The highest BCUT2D eigenvalue weighted by Crippen LogP contribution is 2.29. The van der Waals surface area contributed by atoms with Crippen molar-refractivity contribution in [1.82, 2.24) is 5.32 Å². The highest BCUT2D eigenvalue weighted by atomic mass is 16.4. The SMILES string of the molecule is C=N/C(=C\C(=C/C)C(=O)O)NC(=O)C1CC1. The van der Waals surface area contributed by atoms with Crippen LogP contribution in [-0.2, 0) is 9.59 Å². The Bertz CT molecular complexity index is 379. The highest BCUT2D eigenvalue weighted by molar-refractivity contribution is 5.90. The number of carbonyl (C=O) groups excluding carboxylic acids is 1. The van der Waals surface area contributed by atoms with E-state index in [1.807, 2.05) is 0 Å². The van der Waals surface area contributed by atoms with Crippen LogP contribution < -0.4 is 5.32 Å². The van der Waals surface area contributed by atoms with Crippen molar-refractivity contribution in [2.24, 2.45) is 10.9 Å². The molecule has 0 radical (unpaired) electrons. The second kappa shape index (κ2) is 5.25. The number of allylic oxidation sites excluding steroid dienone is 1. The number of nitrogens with zero attached hydrogens (tertiary/aromatic N) is 1. The van der Waals surface area contributed by atoms with Gasteiger partial charge in [0.15, 0.2) is 0 Å². The van der Waals surface area contributed by atoms with Gasteiger partial charge in [0.05, 0.1) is 5.57 Å². The average Bonchev–Trinajstić information content (AvgIpc) is 3.06. The van der Waals surface area contributed by atoms with E-state index in [9.17, 15) is 9.59 Å². The van der Waals surface area contributed by atoms with Crippen molar-refractivity contribution in [2.75, 3.05) is 0 Å². The van der Waals surface area contributed by atoms with Crippen LogP contribution in [0, 0.1) is 5.92 Å². The topological polar surface area (TPSA) is 78.8 Å². The van der Waals surface area contributed by atoms with E-state index in [0.717, 1.165) is 12.8 Å². The molecular formula is C11H14N2O3. The Morgan fingerprint density at radius 1 is 1.50 bits per heavy atom. The number of carbonyl (C=O) groups is 2. The summed E-state index contributed by atoms with van der Waals surface area (Å²) in [6.07, 6.45) is 4.48. The van der Waals surface area contributed by atoms with E-state index in [2.05, 4.69) is 17.0 Å². The number of aliphatic carboxylic acids is 1. The molecule has 0 aromatic rings. The summed E-state index contributed by atoms with van der Waals surface area (Å²) in [6.45, 7) is 4.89. The lowest BCUT2D eigenvalue weighted by Crippen LogP contribution is -2.23. The number of carboxylic acids is 1. The Kier molecular flexibility index (Phi) is 3.99. The molecule has 0 unspecified atom stereocenters. The third-order valence-electron chi connectivity index (χ3n) is 2.22. The second-order valence-corrected chi connectivity index (χ2v) is 3.50. The molecule has 16 heavy (non-hydrogen) atoms. The number of nitrogens with one attached hydrogen (secondary N) is 1. The van der Waals surface area contributed by atoms with E-state index in [4.69, 9.17) is 5.11 Å². The zero-order valence-corrected chi connectivity index (χ0v) is 9.06. The van der Waals surface area contributed by atoms with Gasteiger partial charge in [-0.3, -0.25) is 4.79 Å². The van der Waals surface area contributed by atoms with E-state index in [-0.39, 0.29) is 23.2 Å². The van der Waals surface area contributed by atoms with Gasteiger partial charge in [0.25, 0.3) is 0 Å². The maximum absolute atomic E-state index is 11.4. The van der Waals surface area contributed by atoms with E-state index in [0.29, 0.717) is 0 Å². The van der Waals surface area contributed by atoms with Gasteiger partial charge in [-0.25, -0.2) is 9.79 Å². The molecule has 1 aliphatic rings. The Morgan fingerprint density at radius 2 is 2.12 bits per heavy atom. The molecule has 86 valence electrons. The minimum atomic E-state index is -1.07. The van der Waals surface area contributed by atoms with Gasteiger partial charge in [0.1, 0.15) is 5.82 Å². The third kappa shape index (κ3) is 3.34. The van der Waals surface area contributed by atoms with Gasteiger partial charge in [-0.2, -0.15) is 0 Å². The van der Waals surface area contributed by atoms with E-state index in [1.54, 1.807) is 6.92 Å². The van der Waals surface area contributed by atoms with Gasteiger partial charge in [-0.05, 0) is 32.6 Å². The molecule has 1 rings (SSSR count). The lowest BCUT2D eigenvalue weighted by atomic mass is 10.2. The predicted octanol–water partition coefficient (Wildman–Crippen LogP) is 1.09. The first-order chi connectivity index (χ1) is 7.58. The third-order valence-corrected chi connectivity index (χ3v) is 2.22. The van der Waals surface area contributed by atoms with Crippen molar-refractivity contribution in [3.63, 3.8) is 0 Å². The molecule has 1 fully saturated rings. The monoisotopic (exact) mass is 222 g/mol. The summed E-state index contributed by atoms with van der Waals surface area (Å²) >= 11 is 0. The molecule has 0 saturated heterocycles. The summed E-state index contributed by atoms with van der Waals surface area (Å²) in [7, 11) is 0. The first-order valence-electron chi connectivity index (χ1n) is 4.97. The number of aliphatic imine (C=N–C) groups is 1. The van der Waals surface area contributed by atoms with Crippen molar-refractivity contribution in [2.45, 2.75) is 19.8 Å². The van der Waals surface area contributed by atoms with Crippen LogP contribution in [0.15, 0.2) is 28.5 Å². The van der Waals surface area contributed by atoms with Gasteiger partial charge in [0, 0.05) is 5.92 Å². The molecule has 0 atom stereocenters. The van der Waals surface area contributed by atoms with E-state index in [1.165, 1.54) is 12.2 Å². The van der Waals surface area contributed by atoms with E-state index >= 15 is 0 Å². The lowest BCUT2D eigenvalue weighted by molar-refractivity contribution is -0.132. The molecule has 0 spiro atoms. The normalized spacial score (nSPS) is 16.8. The molecule has 2 N–H and O–H groups in total. The number of rotatable bonds is 5. The standard InChI is InChI=1S/C11H14N2O3/c1-3-7(11(15)16)6-9(12-2)13-10(14)8-4-5-8/h3,6,8H,2,4-5H2,1H3,(H,13,14)(H,15,16)/b7-3+,9-6+. The number of hydrogen-bond donors (Lipinski definition) is 2. The minimum Gasteiger partial charge on any atom is -0.478 e. The Hall–Kier alpha value is -1.91. The first kappa shape index (κ1) is 12.2. The van der Waals surface area contributed by atoms with Gasteiger partial charge in [-0.1, -0.05) is 6.08 Å². The smallest absolute Gasteiger partial charge is 0.335 e. The van der Waals surface area contributed by atoms with Gasteiger partial charge < -0.3 is 10.4 Å². The summed E-state index contributed by atoms with van der Waals surface area (Å²) in [6, 6.07) is 0. The van der Waals surface area contributed by atoms with Crippen LogP contribution in [0.2, 0.25) is 0 Å². The Balaban J connectivity index is 2.71. The quantitative estimate of drug-likeness (QED) is 0.415. The maximum atomic E-state index is 11.4. The zero-order valence-electron chi connectivity index (χ0n) is 9.06. The molecule has 1 aliphatic carbocycles. The number of hydrogen-bond acceptors (Lipinski definition) is 3. The highest BCUT2D eigenvalue weighted by Gasteiger charge is 2.29. The van der Waals surface area contributed by atoms with Crippen molar-refractivity contribution in [3.8, 4) is 0 Å². The van der Waals surface area contributed by atoms with Crippen molar-refractivity contribution >= 4 is 18.6 Å². The first-order valence-corrected chi connectivity index (χ1v) is 4.97. The molecule has 5 heteroatoms. The van der Waals surface area contributed by atoms with Crippen molar-refractivity contribution in [3.05, 3.63) is 23.5 Å². The molecular weight excluding hydrogens is 208 g/mol. The largest absolute Gasteiger partial charge is 0.478 e. The average molecular weight is 222 g/mol. The van der Waals surface area contributed by atoms with E-state index < -0.39 is 5.97 Å². The lowest BCUT2D eigenvalue weighted by Gasteiger charge is -2.04. The summed E-state index contributed by atoms with van der Waals surface area (Å²) < 4.78 is 0. The molecule has 0 heterocycles. The summed E-state index contributed by atoms with van der Waals surface area (Å²) in [4.78, 5) is 25.7. The fourth-order valence-corrected chi connectivity index (χ4v) is 1.11. The summed E-state index contributed by atoms with van der Waals surface area (Å²) in [5.41, 5.74) is 0.0681. The molecule has 5 nitrogen and oxygen atoms in total. The van der Waals surface area contributed by atoms with Gasteiger partial charge in [-0.15, -0.1) is 0 Å². The Morgan fingerprint density at radius 3 is 2.50 bits per heavy atom. The zero-order chi connectivity index (χ0) is 12.1. The fourth-order valence-electron chi connectivity index (χ4n) is 1.11. The van der Waals surface area contributed by atoms with Crippen LogP contribution >= 0.6 is 0 Å². The minimum absolute atomic E-state index is 0.0454. The van der Waals surface area contributed by atoms with Crippen molar-refractivity contribution < 1.29 is 14.7 Å². The van der Waals surface area contributed by atoms with Crippen LogP contribution in [0.5, 0.6) is 0 Å². The van der Waals surface area contributed by atoms with Crippen LogP contribution in [0.1, 0.15) is 19.8 Å². The second-order valence-electron chi connectivity index (χ2n) is 3.50. The number of carboxylic acid groups (broad SMARTS) is 1. The van der Waals surface area contributed by atoms with Gasteiger partial charge >= 0.3 is 5.97 Å². The summed E-state index contributed by atoms with van der Waals surface area (Å²) in [5.74, 6) is -0.972. The maximum Gasteiger partial charge on any atom is 0.335 e. The van der Waals surface area contributed by atoms with Crippen LogP contribution in [0.4, 0.5) is 0 Å². The predicted molar refractivity (Wildman–Crippen MR) is 59.9 cm³/mol. The molecule has 0 aromatic heterocycles. The summed E-state index contributed by atoms with van der Waals surface area (Å²) in [5, 5.41) is 11.3. The van der Waals surface area contributed by atoms with Crippen LogP contribution in [0.25, 0.3) is 0 Å². The molecule has 1 amide bonds. The van der Waals surface area contributed by atoms with Gasteiger partial charge in [0.2, 0.25) is 5.91 Å². The molecule has 0 aromatic carbocycles. The Labute approximate surface area is 93.6 Å². The molecule has 1 saturated carbocycles. The molecule has 0 bridgehead atoms.